The van der Waals surface area contributed by atoms with Crippen LogP contribution < -0.4 is 5.32 Å². The first-order chi connectivity index (χ1) is 14.7. The van der Waals surface area contributed by atoms with E-state index in [1.807, 2.05) is 60.7 Å². The van der Waals surface area contributed by atoms with Crippen LogP contribution in [0.25, 0.3) is 0 Å². The highest BCUT2D eigenvalue weighted by atomic mass is 32.2. The molecule has 9 heteroatoms. The van der Waals surface area contributed by atoms with Gasteiger partial charge in [-0.15, -0.1) is 0 Å². The zero-order valence-electron chi connectivity index (χ0n) is 17.8. The SMILES string of the molecule is CN(CC(=O)N(Cc1ccccc1)[C@@H](Cc1ccccc1)C(=O)NCCO)S(C)(=O)=O. The van der Waals surface area contributed by atoms with Gasteiger partial charge in [0.2, 0.25) is 21.8 Å². The predicted octanol–water partition coefficient (Wildman–Crippen LogP) is 0.626. The van der Waals surface area contributed by atoms with Gasteiger partial charge >= 0.3 is 0 Å². The molecule has 2 aromatic carbocycles. The maximum absolute atomic E-state index is 13.2. The van der Waals surface area contributed by atoms with Gasteiger partial charge in [0.05, 0.1) is 19.4 Å². The molecule has 2 N–H and O–H groups in total. The molecule has 0 heterocycles. The summed E-state index contributed by atoms with van der Waals surface area (Å²) >= 11 is 0. The highest BCUT2D eigenvalue weighted by Gasteiger charge is 2.31. The van der Waals surface area contributed by atoms with Crippen LogP contribution in [0.5, 0.6) is 0 Å². The standard InChI is InChI=1S/C22H29N3O5S/c1-24(31(2,29)30)17-21(27)25(16-19-11-7-4-8-12-19)20(22(28)23-13-14-26)15-18-9-5-3-6-10-18/h3-12,20,26H,13-17H2,1-2H3,(H,23,28)/t20-/m0/s1. The molecule has 2 rings (SSSR count). The molecule has 0 saturated carbocycles. The van der Waals surface area contributed by atoms with E-state index in [-0.39, 0.29) is 32.7 Å². The smallest absolute Gasteiger partial charge is 0.243 e. The van der Waals surface area contributed by atoms with Gasteiger partial charge in [0.1, 0.15) is 6.04 Å². The quantitative estimate of drug-likeness (QED) is 0.525. The molecule has 0 spiro atoms. The second-order valence-corrected chi connectivity index (χ2v) is 9.34. The number of amides is 2. The minimum atomic E-state index is -3.57. The number of carbonyl (C=O) groups is 2. The second kappa shape index (κ2) is 11.6. The number of nitrogens with one attached hydrogen (secondary N) is 1. The number of rotatable bonds is 11. The molecular formula is C22H29N3O5S. The minimum Gasteiger partial charge on any atom is -0.395 e. The van der Waals surface area contributed by atoms with Gasteiger partial charge in [-0.3, -0.25) is 9.59 Å². The van der Waals surface area contributed by atoms with Crippen molar-refractivity contribution in [2.24, 2.45) is 0 Å². The average molecular weight is 448 g/mol. The Morgan fingerprint density at radius 1 is 1.00 bits per heavy atom. The van der Waals surface area contributed by atoms with Gasteiger partial charge in [-0.2, -0.15) is 4.31 Å². The lowest BCUT2D eigenvalue weighted by Gasteiger charge is -2.32. The Labute approximate surface area is 183 Å². The fourth-order valence-electron chi connectivity index (χ4n) is 3.03. The molecule has 1 atom stereocenters. The molecule has 0 saturated heterocycles. The molecule has 2 aromatic rings. The van der Waals surface area contributed by atoms with E-state index in [1.165, 1.54) is 11.9 Å². The first-order valence-corrected chi connectivity index (χ1v) is 11.7. The number of hydrogen-bond acceptors (Lipinski definition) is 5. The van der Waals surface area contributed by atoms with Crippen molar-refractivity contribution < 1.29 is 23.1 Å². The summed E-state index contributed by atoms with van der Waals surface area (Å²) in [5.41, 5.74) is 1.67. The van der Waals surface area contributed by atoms with Crippen LogP contribution in [0.3, 0.4) is 0 Å². The van der Waals surface area contributed by atoms with E-state index in [2.05, 4.69) is 5.32 Å². The van der Waals surface area contributed by atoms with E-state index in [1.54, 1.807) is 0 Å². The van der Waals surface area contributed by atoms with Crippen molar-refractivity contribution in [2.45, 2.75) is 19.0 Å². The number of aliphatic hydroxyl groups is 1. The van der Waals surface area contributed by atoms with E-state index in [0.717, 1.165) is 21.7 Å². The fraction of sp³-hybridized carbons (Fsp3) is 0.364. The summed E-state index contributed by atoms with van der Waals surface area (Å²) in [5.74, 6) is -0.902. The monoisotopic (exact) mass is 447 g/mol. The maximum atomic E-state index is 13.2. The number of carbonyl (C=O) groups excluding carboxylic acids is 2. The highest BCUT2D eigenvalue weighted by molar-refractivity contribution is 7.88. The molecule has 0 aliphatic heterocycles. The first-order valence-electron chi connectivity index (χ1n) is 9.89. The molecule has 0 aliphatic rings. The van der Waals surface area contributed by atoms with E-state index in [4.69, 9.17) is 5.11 Å². The molecule has 0 unspecified atom stereocenters. The van der Waals surface area contributed by atoms with Gasteiger partial charge in [-0.25, -0.2) is 8.42 Å². The van der Waals surface area contributed by atoms with Crippen molar-refractivity contribution >= 4 is 21.8 Å². The summed E-state index contributed by atoms with van der Waals surface area (Å²) < 4.78 is 24.6. The Hall–Kier alpha value is -2.75. The Balaban J connectivity index is 2.39. The Kier molecular flexibility index (Phi) is 9.17. The van der Waals surface area contributed by atoms with Crippen LogP contribution in [0, 0.1) is 0 Å². The number of hydrogen-bond donors (Lipinski definition) is 2. The van der Waals surface area contributed by atoms with Crippen LogP contribution in [-0.4, -0.2) is 73.6 Å². The molecule has 168 valence electrons. The summed E-state index contributed by atoms with van der Waals surface area (Å²) in [4.78, 5) is 27.6. The zero-order valence-corrected chi connectivity index (χ0v) is 18.6. The molecule has 31 heavy (non-hydrogen) atoms. The van der Waals surface area contributed by atoms with E-state index in [0.29, 0.717) is 0 Å². The minimum absolute atomic E-state index is 0.0563. The first kappa shape index (κ1) is 24.5. The van der Waals surface area contributed by atoms with Crippen molar-refractivity contribution in [3.8, 4) is 0 Å². The lowest BCUT2D eigenvalue weighted by Crippen LogP contribution is -2.53. The molecule has 8 nitrogen and oxygen atoms in total. The van der Waals surface area contributed by atoms with E-state index < -0.39 is 27.9 Å². The van der Waals surface area contributed by atoms with Crippen LogP contribution in [0.4, 0.5) is 0 Å². The third-order valence-electron chi connectivity index (χ3n) is 4.80. The van der Waals surface area contributed by atoms with Gasteiger partial charge in [-0.05, 0) is 11.1 Å². The summed E-state index contributed by atoms with van der Waals surface area (Å²) in [6, 6.07) is 17.6. The summed E-state index contributed by atoms with van der Waals surface area (Å²) in [7, 11) is -2.25. The Morgan fingerprint density at radius 2 is 1.55 bits per heavy atom. The molecule has 0 aliphatic carbocycles. The van der Waals surface area contributed by atoms with Gasteiger partial charge in [0, 0.05) is 26.6 Å². The molecule has 0 radical (unpaired) electrons. The molecule has 0 aromatic heterocycles. The van der Waals surface area contributed by atoms with E-state index in [9.17, 15) is 18.0 Å². The number of sulfonamides is 1. The van der Waals surface area contributed by atoms with Gasteiger partial charge in [0.25, 0.3) is 0 Å². The normalized spacial score (nSPS) is 12.4. The lowest BCUT2D eigenvalue weighted by atomic mass is 10.0. The largest absolute Gasteiger partial charge is 0.395 e. The Bertz CT molecular complexity index is 952. The van der Waals surface area contributed by atoms with Gasteiger partial charge < -0.3 is 15.3 Å². The number of likely N-dealkylation sites (N-methyl/N-ethyl adjacent to an activating group) is 1. The number of benzene rings is 2. The summed E-state index contributed by atoms with van der Waals surface area (Å²) in [5, 5.41) is 11.8. The van der Waals surface area contributed by atoms with Crippen LogP contribution in [0.1, 0.15) is 11.1 Å². The average Bonchev–Trinajstić information content (AvgIpc) is 2.75. The van der Waals surface area contributed by atoms with Crippen LogP contribution in [-0.2, 0) is 32.6 Å². The lowest BCUT2D eigenvalue weighted by molar-refractivity contribution is -0.141. The summed E-state index contributed by atoms with van der Waals surface area (Å²) in [6.07, 6.45) is 1.27. The maximum Gasteiger partial charge on any atom is 0.243 e. The third kappa shape index (κ3) is 7.78. The predicted molar refractivity (Wildman–Crippen MR) is 118 cm³/mol. The van der Waals surface area contributed by atoms with Crippen molar-refractivity contribution in [3.05, 3.63) is 71.8 Å². The Morgan fingerprint density at radius 3 is 2.06 bits per heavy atom. The second-order valence-electron chi connectivity index (χ2n) is 7.25. The third-order valence-corrected chi connectivity index (χ3v) is 6.06. The molecule has 0 fully saturated rings. The molecule has 2 amide bonds. The van der Waals surface area contributed by atoms with Crippen molar-refractivity contribution in [1.82, 2.24) is 14.5 Å². The van der Waals surface area contributed by atoms with Crippen molar-refractivity contribution in [3.63, 3.8) is 0 Å². The summed E-state index contributed by atoms with van der Waals surface area (Å²) in [6.45, 7) is -0.417. The highest BCUT2D eigenvalue weighted by Crippen LogP contribution is 2.15. The van der Waals surface area contributed by atoms with Crippen molar-refractivity contribution in [1.29, 1.82) is 0 Å². The van der Waals surface area contributed by atoms with Crippen molar-refractivity contribution in [2.75, 3.05) is 33.0 Å². The fourth-order valence-corrected chi connectivity index (χ4v) is 3.37. The number of nitrogens with zero attached hydrogens (tertiary/aromatic N) is 2. The number of aliphatic hydroxyl groups excluding tert-OH is 1. The molecule has 0 bridgehead atoms. The zero-order chi connectivity index (χ0) is 22.9. The van der Waals surface area contributed by atoms with Crippen LogP contribution in [0.15, 0.2) is 60.7 Å². The molecular weight excluding hydrogens is 418 g/mol. The van der Waals surface area contributed by atoms with Gasteiger partial charge in [-0.1, -0.05) is 60.7 Å². The van der Waals surface area contributed by atoms with Gasteiger partial charge in [0.15, 0.2) is 0 Å². The van der Waals surface area contributed by atoms with Crippen LogP contribution in [0.2, 0.25) is 0 Å². The van der Waals surface area contributed by atoms with Crippen LogP contribution >= 0.6 is 0 Å². The van der Waals surface area contributed by atoms with E-state index >= 15 is 0 Å². The topological polar surface area (TPSA) is 107 Å².